The van der Waals surface area contributed by atoms with Crippen molar-refractivity contribution in [2.75, 3.05) is 0 Å². The number of carbonyl (C=O) groups is 3. The number of ketones is 2. The van der Waals surface area contributed by atoms with Gasteiger partial charge in [0.1, 0.15) is 17.2 Å². The number of rotatable bonds is 2. The first-order valence-electron chi connectivity index (χ1n) is 11.0. The Labute approximate surface area is 159 Å². The van der Waals surface area contributed by atoms with Crippen molar-refractivity contribution in [2.45, 2.75) is 50.5 Å². The molecule has 0 saturated heterocycles. The van der Waals surface area contributed by atoms with E-state index in [9.17, 15) is 14.4 Å². The van der Waals surface area contributed by atoms with Gasteiger partial charge in [-0.1, -0.05) is 12.2 Å². The first kappa shape index (κ1) is 15.5. The van der Waals surface area contributed by atoms with Crippen LogP contribution in [0.5, 0.6) is 0 Å². The van der Waals surface area contributed by atoms with Crippen molar-refractivity contribution in [3.63, 3.8) is 0 Å². The number of hydrogen-bond donors (Lipinski definition) is 0. The van der Waals surface area contributed by atoms with Crippen LogP contribution in [-0.4, -0.2) is 23.1 Å². The Hall–Kier alpha value is -1.45. The van der Waals surface area contributed by atoms with Gasteiger partial charge in [0.15, 0.2) is 0 Å². The normalized spacial score (nSPS) is 58.4. The van der Waals surface area contributed by atoms with Crippen molar-refractivity contribution in [3.8, 4) is 0 Å². The average molecular weight is 366 g/mol. The van der Waals surface area contributed by atoms with Crippen LogP contribution in [0.3, 0.4) is 0 Å². The molecule has 7 atom stereocenters. The van der Waals surface area contributed by atoms with Gasteiger partial charge in [-0.15, -0.1) is 0 Å². The van der Waals surface area contributed by atoms with E-state index in [1.54, 1.807) is 0 Å². The molecule has 8 aliphatic rings. The van der Waals surface area contributed by atoms with Gasteiger partial charge >= 0.3 is 5.97 Å². The standard InChI is InChI=1S/C23H26O4/c24-20-13-1-2-14(20)18-17(13)15-6-16(19(18)21(15)25)22(26)27-23-7-10-3-11(8-23)5-12(4-10)9-23/h1-2,10-19H,3-9H2. The van der Waals surface area contributed by atoms with E-state index in [0.29, 0.717) is 12.2 Å². The lowest BCUT2D eigenvalue weighted by molar-refractivity contribution is -0.193. The molecule has 7 unspecified atom stereocenters. The Morgan fingerprint density at radius 1 is 0.852 bits per heavy atom. The zero-order valence-electron chi connectivity index (χ0n) is 15.5. The molecule has 4 heteroatoms. The van der Waals surface area contributed by atoms with Gasteiger partial charge < -0.3 is 4.74 Å². The molecule has 0 aromatic heterocycles. The van der Waals surface area contributed by atoms with E-state index < -0.39 is 0 Å². The molecule has 0 amide bonds. The van der Waals surface area contributed by atoms with Crippen LogP contribution in [0.1, 0.15) is 44.9 Å². The van der Waals surface area contributed by atoms with Gasteiger partial charge in [0.25, 0.3) is 0 Å². The summed E-state index contributed by atoms with van der Waals surface area (Å²) in [6.45, 7) is 0. The highest BCUT2D eigenvalue weighted by atomic mass is 16.6. The minimum absolute atomic E-state index is 0.0564. The molecule has 0 radical (unpaired) electrons. The molecule has 7 fully saturated rings. The van der Waals surface area contributed by atoms with Crippen molar-refractivity contribution in [1.29, 1.82) is 0 Å². The summed E-state index contributed by atoms with van der Waals surface area (Å²) in [6.07, 6.45) is 11.7. The van der Waals surface area contributed by atoms with E-state index in [2.05, 4.69) is 0 Å². The first-order valence-corrected chi connectivity index (χ1v) is 11.0. The van der Waals surface area contributed by atoms with E-state index >= 15 is 0 Å². The minimum Gasteiger partial charge on any atom is -0.459 e. The fourth-order valence-electron chi connectivity index (χ4n) is 9.22. The number of allylic oxidation sites excluding steroid dienone is 2. The van der Waals surface area contributed by atoms with E-state index in [1.807, 2.05) is 12.2 Å². The van der Waals surface area contributed by atoms with Crippen LogP contribution in [0.2, 0.25) is 0 Å². The Morgan fingerprint density at radius 2 is 1.44 bits per heavy atom. The Morgan fingerprint density at radius 3 is 2.07 bits per heavy atom. The topological polar surface area (TPSA) is 60.4 Å². The van der Waals surface area contributed by atoms with Gasteiger partial charge in [-0.3, -0.25) is 14.4 Å². The van der Waals surface area contributed by atoms with Crippen LogP contribution in [0.4, 0.5) is 0 Å². The van der Waals surface area contributed by atoms with Gasteiger partial charge in [0.05, 0.1) is 5.92 Å². The summed E-state index contributed by atoms with van der Waals surface area (Å²) in [6, 6.07) is 0. The first-order chi connectivity index (χ1) is 13.0. The third kappa shape index (κ3) is 1.79. The van der Waals surface area contributed by atoms with Gasteiger partial charge in [-0.25, -0.2) is 0 Å². The Kier molecular flexibility index (Phi) is 2.72. The molecular weight excluding hydrogens is 340 g/mol. The van der Waals surface area contributed by atoms with Crippen molar-refractivity contribution in [2.24, 2.45) is 59.2 Å². The maximum Gasteiger partial charge on any atom is 0.310 e. The number of carbonyl (C=O) groups excluding carboxylic acids is 3. The second kappa shape index (κ2) is 4.75. The number of fused-ring (bicyclic) bond motifs is 9. The molecule has 0 N–H and O–H groups in total. The fourth-order valence-corrected chi connectivity index (χ4v) is 9.22. The molecular formula is C23H26O4. The average Bonchev–Trinajstić information content (AvgIpc) is 3.30. The number of hydrogen-bond acceptors (Lipinski definition) is 4. The summed E-state index contributed by atoms with van der Waals surface area (Å²) < 4.78 is 6.30. The second-order valence-electron chi connectivity index (χ2n) is 10.9. The number of Topliss-reactive ketones (excluding diaryl/α,β-unsaturated/α-hetero) is 2. The Bertz CT molecular complexity index is 774. The molecule has 142 valence electrons. The highest BCUT2D eigenvalue weighted by Gasteiger charge is 2.70. The zero-order chi connectivity index (χ0) is 18.1. The van der Waals surface area contributed by atoms with Gasteiger partial charge in [-0.05, 0) is 74.5 Å². The summed E-state index contributed by atoms with van der Waals surface area (Å²) in [7, 11) is 0. The van der Waals surface area contributed by atoms with Crippen LogP contribution in [0, 0.1) is 59.2 Å². The lowest BCUT2D eigenvalue weighted by Gasteiger charge is -2.56. The smallest absolute Gasteiger partial charge is 0.310 e. The van der Waals surface area contributed by atoms with Crippen molar-refractivity contribution in [3.05, 3.63) is 12.2 Å². The molecule has 0 aromatic carbocycles. The van der Waals surface area contributed by atoms with Crippen LogP contribution >= 0.6 is 0 Å². The van der Waals surface area contributed by atoms with Crippen LogP contribution < -0.4 is 0 Å². The highest BCUT2D eigenvalue weighted by Crippen LogP contribution is 2.65. The van der Waals surface area contributed by atoms with E-state index in [4.69, 9.17) is 4.74 Å². The highest BCUT2D eigenvalue weighted by molar-refractivity contribution is 6.01. The predicted molar refractivity (Wildman–Crippen MR) is 95.2 cm³/mol. The third-order valence-electron chi connectivity index (χ3n) is 9.57. The van der Waals surface area contributed by atoms with Gasteiger partial charge in [0, 0.05) is 23.7 Å². The molecule has 0 spiro atoms. The lowest BCUT2D eigenvalue weighted by Crippen LogP contribution is -2.53. The van der Waals surface area contributed by atoms with E-state index in [-0.39, 0.29) is 58.8 Å². The van der Waals surface area contributed by atoms with E-state index in [1.165, 1.54) is 19.3 Å². The molecule has 8 bridgehead atoms. The molecule has 0 aliphatic heterocycles. The second-order valence-corrected chi connectivity index (χ2v) is 10.9. The largest absolute Gasteiger partial charge is 0.459 e. The summed E-state index contributed by atoms with van der Waals surface area (Å²) in [5, 5.41) is 0. The molecule has 0 heterocycles. The van der Waals surface area contributed by atoms with Crippen molar-refractivity contribution < 1.29 is 19.1 Å². The quantitative estimate of drug-likeness (QED) is 0.428. The molecule has 8 aliphatic carbocycles. The molecule has 4 nitrogen and oxygen atoms in total. The number of ether oxygens (including phenoxy) is 1. The van der Waals surface area contributed by atoms with Gasteiger partial charge in [-0.2, -0.15) is 0 Å². The SMILES string of the molecule is O=C1C2C=CC1C1C3C(=O)C(CC3C(=O)OC34CC5CC(CC(C5)C3)C4)C21. The number of esters is 1. The molecule has 8 rings (SSSR count). The Balaban J connectivity index is 1.16. The lowest BCUT2D eigenvalue weighted by atomic mass is 9.54. The molecule has 27 heavy (non-hydrogen) atoms. The molecule has 7 saturated carbocycles. The summed E-state index contributed by atoms with van der Waals surface area (Å²) >= 11 is 0. The van der Waals surface area contributed by atoms with Crippen LogP contribution in [0.25, 0.3) is 0 Å². The van der Waals surface area contributed by atoms with E-state index in [0.717, 1.165) is 37.0 Å². The predicted octanol–water partition coefficient (Wildman–Crippen LogP) is 2.95. The van der Waals surface area contributed by atoms with Gasteiger partial charge in [0.2, 0.25) is 0 Å². The summed E-state index contributed by atoms with van der Waals surface area (Å²) in [5.41, 5.74) is -0.236. The molecule has 0 aromatic rings. The van der Waals surface area contributed by atoms with Crippen LogP contribution in [-0.2, 0) is 19.1 Å². The van der Waals surface area contributed by atoms with Crippen molar-refractivity contribution in [1.82, 2.24) is 0 Å². The maximum absolute atomic E-state index is 13.3. The fraction of sp³-hybridized carbons (Fsp3) is 0.783. The summed E-state index contributed by atoms with van der Waals surface area (Å²) in [4.78, 5) is 38.7. The summed E-state index contributed by atoms with van der Waals surface area (Å²) in [5.74, 6) is 2.09. The maximum atomic E-state index is 13.3. The third-order valence-corrected chi connectivity index (χ3v) is 9.57. The van der Waals surface area contributed by atoms with Crippen LogP contribution in [0.15, 0.2) is 12.2 Å². The monoisotopic (exact) mass is 366 g/mol. The zero-order valence-corrected chi connectivity index (χ0v) is 15.5. The van der Waals surface area contributed by atoms with Crippen molar-refractivity contribution >= 4 is 17.5 Å². The minimum atomic E-state index is -0.294.